The van der Waals surface area contributed by atoms with E-state index in [9.17, 15) is 9.59 Å². The van der Waals surface area contributed by atoms with E-state index in [0.717, 1.165) is 19.3 Å². The molecule has 0 radical (unpaired) electrons. The second-order valence-electron chi connectivity index (χ2n) is 6.08. The number of benzene rings is 1. The van der Waals surface area contributed by atoms with E-state index in [1.165, 1.54) is 21.8 Å². The topological polar surface area (TPSA) is 66.9 Å². The van der Waals surface area contributed by atoms with Crippen molar-refractivity contribution in [3.8, 4) is 0 Å². The first kappa shape index (κ1) is 14.6. The summed E-state index contributed by atoms with van der Waals surface area (Å²) in [5.74, 6) is 0.494. The van der Waals surface area contributed by atoms with Gasteiger partial charge in [0, 0.05) is 12.1 Å². The fourth-order valence-electron chi connectivity index (χ4n) is 3.16. The monoisotopic (exact) mass is 299 g/mol. The summed E-state index contributed by atoms with van der Waals surface area (Å²) in [5, 5.41) is 3.32. The molecule has 1 heterocycles. The minimum atomic E-state index is -0.367. The second kappa shape index (κ2) is 5.83. The van der Waals surface area contributed by atoms with Gasteiger partial charge in [-0.3, -0.25) is 14.3 Å². The number of fused-ring (bicyclic) bond motifs is 1. The van der Waals surface area contributed by atoms with Crippen molar-refractivity contribution in [1.82, 2.24) is 9.55 Å². The zero-order chi connectivity index (χ0) is 15.7. The maximum atomic E-state index is 12.1. The molecular formula is C17H21N3O2. The first-order valence-corrected chi connectivity index (χ1v) is 7.76. The van der Waals surface area contributed by atoms with E-state index in [0.29, 0.717) is 5.82 Å². The Balaban J connectivity index is 1.92. The van der Waals surface area contributed by atoms with Gasteiger partial charge >= 0.3 is 5.69 Å². The Morgan fingerprint density at radius 3 is 2.77 bits per heavy atom. The maximum absolute atomic E-state index is 12.1. The first-order valence-electron chi connectivity index (χ1n) is 7.76. The summed E-state index contributed by atoms with van der Waals surface area (Å²) in [7, 11) is 0. The first-order chi connectivity index (χ1) is 10.6. The van der Waals surface area contributed by atoms with Crippen molar-refractivity contribution in [2.24, 2.45) is 0 Å². The Kier molecular flexibility index (Phi) is 3.88. The van der Waals surface area contributed by atoms with Crippen LogP contribution in [0.1, 0.15) is 49.9 Å². The zero-order valence-corrected chi connectivity index (χ0v) is 12.9. The Morgan fingerprint density at radius 1 is 1.27 bits per heavy atom. The number of anilines is 1. The number of hydrogen-bond donors (Lipinski definition) is 2. The van der Waals surface area contributed by atoms with Gasteiger partial charge in [-0.05, 0) is 44.2 Å². The van der Waals surface area contributed by atoms with Gasteiger partial charge in [0.05, 0.1) is 6.04 Å². The average Bonchev–Trinajstić information content (AvgIpc) is 2.46. The fourth-order valence-corrected chi connectivity index (χ4v) is 3.16. The zero-order valence-electron chi connectivity index (χ0n) is 12.9. The average molecular weight is 299 g/mol. The molecule has 1 aromatic heterocycles. The largest absolute Gasteiger partial charge is 0.365 e. The van der Waals surface area contributed by atoms with Crippen LogP contribution in [0.3, 0.4) is 0 Å². The van der Waals surface area contributed by atoms with Crippen molar-refractivity contribution < 1.29 is 0 Å². The standard InChI is InChI=1S/C17H21N3O2/c1-11(2)20-16(21)10-15(19-17(20)22)18-14-9-5-7-12-6-3-4-8-13(12)14/h3-4,6,8,10-11,14,18H,5,7,9H2,1-2H3,(H,19,22). The van der Waals surface area contributed by atoms with Gasteiger partial charge in [0.25, 0.3) is 5.56 Å². The van der Waals surface area contributed by atoms with Crippen LogP contribution in [-0.2, 0) is 6.42 Å². The van der Waals surface area contributed by atoms with Crippen molar-refractivity contribution in [3.63, 3.8) is 0 Å². The number of aromatic nitrogens is 2. The molecule has 0 spiro atoms. The molecule has 2 aromatic rings. The minimum absolute atomic E-state index is 0.134. The van der Waals surface area contributed by atoms with Gasteiger partial charge in [-0.1, -0.05) is 24.3 Å². The van der Waals surface area contributed by atoms with E-state index in [1.807, 2.05) is 26.0 Å². The van der Waals surface area contributed by atoms with E-state index < -0.39 is 0 Å². The van der Waals surface area contributed by atoms with Crippen molar-refractivity contribution in [1.29, 1.82) is 0 Å². The lowest BCUT2D eigenvalue weighted by Gasteiger charge is -2.27. The minimum Gasteiger partial charge on any atom is -0.365 e. The molecule has 5 heteroatoms. The Morgan fingerprint density at radius 2 is 2.05 bits per heavy atom. The highest BCUT2D eigenvalue weighted by Crippen LogP contribution is 2.31. The number of nitrogens with one attached hydrogen (secondary N) is 2. The smallest absolute Gasteiger partial charge is 0.330 e. The Bertz CT molecular complexity index is 758. The van der Waals surface area contributed by atoms with Crippen LogP contribution in [0, 0.1) is 0 Å². The molecule has 22 heavy (non-hydrogen) atoms. The lowest BCUT2D eigenvalue weighted by molar-refractivity contribution is 0.544. The van der Waals surface area contributed by atoms with Crippen LogP contribution in [0.25, 0.3) is 0 Å². The summed E-state index contributed by atoms with van der Waals surface area (Å²) in [4.78, 5) is 26.9. The van der Waals surface area contributed by atoms with E-state index in [2.05, 4.69) is 22.4 Å². The third kappa shape index (κ3) is 2.71. The van der Waals surface area contributed by atoms with Crippen LogP contribution in [0.4, 0.5) is 5.82 Å². The summed E-state index contributed by atoms with van der Waals surface area (Å²) < 4.78 is 1.22. The molecule has 2 N–H and O–H groups in total. The molecule has 1 aromatic carbocycles. The fraction of sp³-hybridized carbons (Fsp3) is 0.412. The lowest BCUT2D eigenvalue weighted by atomic mass is 9.88. The van der Waals surface area contributed by atoms with Crippen molar-refractivity contribution in [3.05, 3.63) is 62.3 Å². The maximum Gasteiger partial charge on any atom is 0.330 e. The van der Waals surface area contributed by atoms with Crippen LogP contribution >= 0.6 is 0 Å². The summed E-state index contributed by atoms with van der Waals surface area (Å²) in [6.45, 7) is 3.64. The van der Waals surface area contributed by atoms with Crippen LogP contribution < -0.4 is 16.6 Å². The highest BCUT2D eigenvalue weighted by molar-refractivity contribution is 5.41. The third-order valence-corrected chi connectivity index (χ3v) is 4.18. The Hall–Kier alpha value is -2.30. The number of rotatable bonds is 3. The van der Waals surface area contributed by atoms with Gasteiger partial charge in [0.1, 0.15) is 5.82 Å². The molecule has 0 fully saturated rings. The van der Waals surface area contributed by atoms with Gasteiger partial charge in [-0.15, -0.1) is 0 Å². The number of nitrogens with zero attached hydrogens (tertiary/aromatic N) is 1. The lowest BCUT2D eigenvalue weighted by Crippen LogP contribution is -2.36. The number of aryl methyl sites for hydroxylation is 1. The van der Waals surface area contributed by atoms with Gasteiger partial charge in [-0.2, -0.15) is 0 Å². The number of H-pyrrole nitrogens is 1. The molecule has 0 aliphatic heterocycles. The molecule has 1 aliphatic carbocycles. The molecule has 1 unspecified atom stereocenters. The summed E-state index contributed by atoms with van der Waals surface area (Å²) >= 11 is 0. The van der Waals surface area contributed by atoms with E-state index in [1.54, 1.807) is 0 Å². The van der Waals surface area contributed by atoms with E-state index in [-0.39, 0.29) is 23.3 Å². The van der Waals surface area contributed by atoms with Crippen LogP contribution in [0.5, 0.6) is 0 Å². The molecule has 0 saturated carbocycles. The summed E-state index contributed by atoms with van der Waals surface area (Å²) in [6, 6.07) is 9.78. The van der Waals surface area contributed by atoms with Crippen molar-refractivity contribution in [2.75, 3.05) is 5.32 Å². The third-order valence-electron chi connectivity index (χ3n) is 4.18. The van der Waals surface area contributed by atoms with Gasteiger partial charge in [0.2, 0.25) is 0 Å². The molecule has 1 aliphatic rings. The predicted octanol–water partition coefficient (Wildman–Crippen LogP) is 2.61. The van der Waals surface area contributed by atoms with E-state index >= 15 is 0 Å². The molecule has 116 valence electrons. The van der Waals surface area contributed by atoms with Gasteiger partial charge in [0.15, 0.2) is 0 Å². The molecular weight excluding hydrogens is 278 g/mol. The SMILES string of the molecule is CC(C)n1c(=O)cc(NC2CCCc3ccccc32)[nH]c1=O. The highest BCUT2D eigenvalue weighted by atomic mass is 16.2. The Labute approximate surface area is 129 Å². The van der Waals surface area contributed by atoms with Gasteiger partial charge < -0.3 is 5.32 Å². The van der Waals surface area contributed by atoms with Crippen LogP contribution in [0.15, 0.2) is 39.9 Å². The summed E-state index contributed by atoms with van der Waals surface area (Å²) in [6.07, 6.45) is 3.17. The second-order valence-corrected chi connectivity index (χ2v) is 6.08. The number of hydrogen-bond acceptors (Lipinski definition) is 3. The molecule has 5 nitrogen and oxygen atoms in total. The van der Waals surface area contributed by atoms with E-state index in [4.69, 9.17) is 0 Å². The molecule has 3 rings (SSSR count). The molecule has 0 amide bonds. The normalized spacial score (nSPS) is 17.3. The van der Waals surface area contributed by atoms with Crippen LogP contribution in [-0.4, -0.2) is 9.55 Å². The quantitative estimate of drug-likeness (QED) is 0.915. The predicted molar refractivity (Wildman–Crippen MR) is 87.5 cm³/mol. The molecule has 0 saturated heterocycles. The van der Waals surface area contributed by atoms with Gasteiger partial charge in [-0.25, -0.2) is 4.79 Å². The van der Waals surface area contributed by atoms with Crippen LogP contribution in [0.2, 0.25) is 0 Å². The van der Waals surface area contributed by atoms with Crippen molar-refractivity contribution >= 4 is 5.82 Å². The number of aromatic amines is 1. The van der Waals surface area contributed by atoms with Crippen molar-refractivity contribution in [2.45, 2.75) is 45.2 Å². The molecule has 0 bridgehead atoms. The highest BCUT2D eigenvalue weighted by Gasteiger charge is 2.20. The summed E-state index contributed by atoms with van der Waals surface area (Å²) in [5.41, 5.74) is 1.95. The molecule has 1 atom stereocenters.